The molecule has 18 heavy (non-hydrogen) atoms. The van der Waals surface area contributed by atoms with E-state index in [9.17, 15) is 0 Å². The largest absolute Gasteiger partial charge is 0.381 e. The van der Waals surface area contributed by atoms with Crippen LogP contribution in [-0.4, -0.2) is 12.6 Å². The molecule has 0 saturated carbocycles. The molecule has 3 rings (SSSR count). The normalized spacial score (nSPS) is 18.3. The lowest BCUT2D eigenvalue weighted by molar-refractivity contribution is 0.645. The predicted octanol–water partition coefficient (Wildman–Crippen LogP) is 4.33. The predicted molar refractivity (Wildman–Crippen MR) is 82.6 cm³/mol. The quantitative estimate of drug-likeness (QED) is 0.885. The van der Waals surface area contributed by atoms with Crippen LogP contribution in [-0.2, 0) is 6.54 Å². The molecule has 1 aromatic carbocycles. The van der Waals surface area contributed by atoms with Gasteiger partial charge >= 0.3 is 0 Å². The highest BCUT2D eigenvalue weighted by Gasteiger charge is 2.22. The van der Waals surface area contributed by atoms with E-state index in [0.29, 0.717) is 6.04 Å². The van der Waals surface area contributed by atoms with E-state index in [-0.39, 0.29) is 0 Å². The number of anilines is 2. The number of para-hydroxylation sites is 2. The molecule has 2 aromatic rings. The first-order valence-electron chi connectivity index (χ1n) is 6.06. The second-order valence-electron chi connectivity index (χ2n) is 4.61. The molecule has 1 atom stereocenters. The summed E-state index contributed by atoms with van der Waals surface area (Å²) in [5, 5.41) is 5.63. The first-order chi connectivity index (χ1) is 8.74. The topological polar surface area (TPSA) is 15.3 Å². The molecule has 0 spiro atoms. The van der Waals surface area contributed by atoms with Crippen molar-refractivity contribution in [3.05, 3.63) is 45.1 Å². The molecular weight excluding hydrogens is 308 g/mol. The average molecular weight is 323 g/mol. The molecule has 0 saturated heterocycles. The molecule has 2 nitrogen and oxygen atoms in total. The van der Waals surface area contributed by atoms with Crippen LogP contribution < -0.4 is 10.2 Å². The van der Waals surface area contributed by atoms with Crippen LogP contribution in [0, 0.1) is 0 Å². The molecule has 2 heterocycles. The highest BCUT2D eigenvalue weighted by Crippen LogP contribution is 2.33. The van der Waals surface area contributed by atoms with Gasteiger partial charge in [-0.25, -0.2) is 0 Å². The third-order valence-electron chi connectivity index (χ3n) is 3.28. The van der Waals surface area contributed by atoms with E-state index in [1.54, 1.807) is 0 Å². The van der Waals surface area contributed by atoms with Gasteiger partial charge in [-0.3, -0.25) is 0 Å². The Labute approximate surface area is 120 Å². The molecule has 1 aromatic heterocycles. The van der Waals surface area contributed by atoms with Gasteiger partial charge in [-0.1, -0.05) is 12.1 Å². The van der Waals surface area contributed by atoms with E-state index >= 15 is 0 Å². The fraction of sp³-hybridized carbons (Fsp3) is 0.286. The number of thiophene rings is 1. The summed E-state index contributed by atoms with van der Waals surface area (Å²) in [7, 11) is 0. The SMILES string of the molecule is CC1CNc2ccccc2N1Cc1cc(Br)cs1. The van der Waals surface area contributed by atoms with Gasteiger partial charge in [0.1, 0.15) is 0 Å². The van der Waals surface area contributed by atoms with Gasteiger partial charge < -0.3 is 10.2 Å². The van der Waals surface area contributed by atoms with E-state index in [2.05, 4.69) is 68.8 Å². The highest BCUT2D eigenvalue weighted by molar-refractivity contribution is 9.10. The molecule has 0 amide bonds. The molecular formula is C14H15BrN2S. The van der Waals surface area contributed by atoms with Crippen molar-refractivity contribution in [2.24, 2.45) is 0 Å². The second kappa shape index (κ2) is 4.94. The lowest BCUT2D eigenvalue weighted by Crippen LogP contribution is -2.41. The van der Waals surface area contributed by atoms with Crippen molar-refractivity contribution < 1.29 is 0 Å². The van der Waals surface area contributed by atoms with Gasteiger partial charge in [-0.2, -0.15) is 0 Å². The van der Waals surface area contributed by atoms with Crippen LogP contribution in [0.1, 0.15) is 11.8 Å². The number of halogens is 1. The molecule has 0 aliphatic carbocycles. The van der Waals surface area contributed by atoms with Crippen molar-refractivity contribution in [1.29, 1.82) is 0 Å². The third kappa shape index (κ3) is 2.27. The Morgan fingerprint density at radius 1 is 1.44 bits per heavy atom. The van der Waals surface area contributed by atoms with Crippen molar-refractivity contribution in [3.8, 4) is 0 Å². The average Bonchev–Trinajstić information content (AvgIpc) is 2.79. The first kappa shape index (κ1) is 12.1. The van der Waals surface area contributed by atoms with E-state index in [4.69, 9.17) is 0 Å². The Morgan fingerprint density at radius 2 is 2.28 bits per heavy atom. The highest BCUT2D eigenvalue weighted by atomic mass is 79.9. The number of nitrogens with one attached hydrogen (secondary N) is 1. The first-order valence-corrected chi connectivity index (χ1v) is 7.74. The Balaban J connectivity index is 1.91. The van der Waals surface area contributed by atoms with E-state index < -0.39 is 0 Å². The minimum Gasteiger partial charge on any atom is -0.381 e. The molecule has 0 radical (unpaired) electrons. The van der Waals surface area contributed by atoms with Crippen molar-refractivity contribution in [2.45, 2.75) is 19.5 Å². The number of rotatable bonds is 2. The zero-order valence-corrected chi connectivity index (χ0v) is 12.6. The summed E-state index contributed by atoms with van der Waals surface area (Å²) in [6.07, 6.45) is 0. The van der Waals surface area contributed by atoms with Crippen LogP contribution in [0.4, 0.5) is 11.4 Å². The van der Waals surface area contributed by atoms with E-state index in [1.165, 1.54) is 20.7 Å². The Hall–Kier alpha value is -1.000. The third-order valence-corrected chi connectivity index (χ3v) is 4.96. The monoisotopic (exact) mass is 322 g/mol. The fourth-order valence-corrected chi connectivity index (χ4v) is 3.77. The van der Waals surface area contributed by atoms with Crippen LogP contribution in [0.25, 0.3) is 0 Å². The Morgan fingerprint density at radius 3 is 3.06 bits per heavy atom. The van der Waals surface area contributed by atoms with Crippen LogP contribution in [0.5, 0.6) is 0 Å². The van der Waals surface area contributed by atoms with Crippen LogP contribution in [0.2, 0.25) is 0 Å². The number of hydrogen-bond acceptors (Lipinski definition) is 3. The van der Waals surface area contributed by atoms with Crippen molar-refractivity contribution in [2.75, 3.05) is 16.8 Å². The molecule has 0 fully saturated rings. The lowest BCUT2D eigenvalue weighted by Gasteiger charge is -2.37. The minimum absolute atomic E-state index is 0.515. The summed E-state index contributed by atoms with van der Waals surface area (Å²) in [5.74, 6) is 0. The van der Waals surface area contributed by atoms with Gasteiger partial charge in [0, 0.05) is 27.3 Å². The summed E-state index contributed by atoms with van der Waals surface area (Å²) in [4.78, 5) is 3.87. The number of nitrogens with zero attached hydrogens (tertiary/aromatic N) is 1. The summed E-state index contributed by atoms with van der Waals surface area (Å²) >= 11 is 5.33. The van der Waals surface area contributed by atoms with Crippen molar-refractivity contribution >= 4 is 38.6 Å². The zero-order chi connectivity index (χ0) is 12.5. The minimum atomic E-state index is 0.515. The van der Waals surface area contributed by atoms with Crippen LogP contribution in [0.15, 0.2) is 40.2 Å². The Kier molecular flexibility index (Phi) is 3.31. The van der Waals surface area contributed by atoms with Gasteiger partial charge in [-0.05, 0) is 41.1 Å². The molecule has 1 N–H and O–H groups in total. The van der Waals surface area contributed by atoms with Gasteiger partial charge in [0.2, 0.25) is 0 Å². The zero-order valence-electron chi connectivity index (χ0n) is 10.2. The number of fused-ring (bicyclic) bond motifs is 1. The maximum atomic E-state index is 3.52. The summed E-state index contributed by atoms with van der Waals surface area (Å²) < 4.78 is 1.18. The van der Waals surface area contributed by atoms with Crippen molar-refractivity contribution in [3.63, 3.8) is 0 Å². The van der Waals surface area contributed by atoms with E-state index in [0.717, 1.165) is 13.1 Å². The summed E-state index contributed by atoms with van der Waals surface area (Å²) in [5.41, 5.74) is 2.55. The fourth-order valence-electron chi connectivity index (χ4n) is 2.32. The van der Waals surface area contributed by atoms with Gasteiger partial charge in [0.15, 0.2) is 0 Å². The molecule has 1 aliphatic rings. The van der Waals surface area contributed by atoms with Gasteiger partial charge in [0.05, 0.1) is 17.9 Å². The standard InChI is InChI=1S/C14H15BrN2S/c1-10-7-16-13-4-2-3-5-14(13)17(10)8-12-6-11(15)9-18-12/h2-6,9-10,16H,7-8H2,1H3. The number of benzene rings is 1. The van der Waals surface area contributed by atoms with Crippen molar-refractivity contribution in [1.82, 2.24) is 0 Å². The summed E-state index contributed by atoms with van der Waals surface area (Å²) in [6.45, 7) is 4.26. The molecule has 0 bridgehead atoms. The van der Waals surface area contributed by atoms with Gasteiger partial charge in [0.25, 0.3) is 0 Å². The van der Waals surface area contributed by atoms with E-state index in [1.807, 2.05) is 11.3 Å². The smallest absolute Gasteiger partial charge is 0.0608 e. The maximum Gasteiger partial charge on any atom is 0.0608 e. The van der Waals surface area contributed by atoms with Gasteiger partial charge in [-0.15, -0.1) is 11.3 Å². The lowest BCUT2D eigenvalue weighted by atomic mass is 10.1. The molecule has 1 aliphatic heterocycles. The second-order valence-corrected chi connectivity index (χ2v) is 6.52. The molecule has 94 valence electrons. The van der Waals surface area contributed by atoms with Crippen LogP contribution in [0.3, 0.4) is 0 Å². The molecule has 4 heteroatoms. The molecule has 1 unspecified atom stereocenters. The number of hydrogen-bond donors (Lipinski definition) is 1. The van der Waals surface area contributed by atoms with Crippen LogP contribution >= 0.6 is 27.3 Å². The summed E-state index contributed by atoms with van der Waals surface area (Å²) in [6, 6.07) is 11.3. The Bertz CT molecular complexity index is 552. The maximum absolute atomic E-state index is 3.52.